The van der Waals surface area contributed by atoms with Crippen LogP contribution < -0.4 is 5.32 Å². The Labute approximate surface area is 122 Å². The predicted octanol–water partition coefficient (Wildman–Crippen LogP) is 2.49. The maximum absolute atomic E-state index is 9.25. The smallest absolute Gasteiger partial charge is 0.127 e. The molecule has 0 spiro atoms. The average molecular weight is 277 g/mol. The average Bonchev–Trinajstić information content (AvgIpc) is 2.92. The Hall–Kier alpha value is -2.87. The van der Waals surface area contributed by atoms with Gasteiger partial charge in [0.25, 0.3) is 0 Å². The zero-order valence-corrected chi connectivity index (χ0v) is 11.7. The van der Waals surface area contributed by atoms with Gasteiger partial charge in [-0.05, 0) is 18.2 Å². The summed E-state index contributed by atoms with van der Waals surface area (Å²) in [7, 11) is 1.90. The Balaban J connectivity index is 1.76. The van der Waals surface area contributed by atoms with Crippen LogP contribution in [0.25, 0.3) is 10.9 Å². The normalized spacial score (nSPS) is 10.5. The molecule has 1 aromatic carbocycles. The number of nitrogens with one attached hydrogen (secondary N) is 1. The number of aryl methyl sites for hydroxylation is 1. The molecule has 5 heteroatoms. The Morgan fingerprint density at radius 3 is 2.90 bits per heavy atom. The SMILES string of the molecule is Cn1ccc(CCNc2cc(C#N)c3ccccc3n2)n1. The van der Waals surface area contributed by atoms with E-state index in [4.69, 9.17) is 0 Å². The van der Waals surface area contributed by atoms with Gasteiger partial charge in [-0.3, -0.25) is 4.68 Å². The zero-order valence-electron chi connectivity index (χ0n) is 11.7. The van der Waals surface area contributed by atoms with Gasteiger partial charge in [0.2, 0.25) is 0 Å². The lowest BCUT2D eigenvalue weighted by molar-refractivity contribution is 0.742. The number of anilines is 1. The number of hydrogen-bond acceptors (Lipinski definition) is 4. The first-order valence-corrected chi connectivity index (χ1v) is 6.78. The third-order valence-corrected chi connectivity index (χ3v) is 3.29. The van der Waals surface area contributed by atoms with Gasteiger partial charge in [-0.2, -0.15) is 10.4 Å². The maximum Gasteiger partial charge on any atom is 0.127 e. The molecule has 5 nitrogen and oxygen atoms in total. The minimum Gasteiger partial charge on any atom is -0.370 e. The summed E-state index contributed by atoms with van der Waals surface area (Å²) < 4.78 is 1.79. The monoisotopic (exact) mass is 277 g/mol. The molecule has 0 amide bonds. The van der Waals surface area contributed by atoms with Crippen LogP contribution in [0.5, 0.6) is 0 Å². The second kappa shape index (κ2) is 5.63. The van der Waals surface area contributed by atoms with E-state index < -0.39 is 0 Å². The molecule has 2 heterocycles. The quantitative estimate of drug-likeness (QED) is 0.795. The minimum absolute atomic E-state index is 0.640. The number of rotatable bonds is 4. The molecule has 0 bridgehead atoms. The Bertz CT molecular complexity index is 813. The number of aromatic nitrogens is 3. The summed E-state index contributed by atoms with van der Waals surface area (Å²) in [6.45, 7) is 0.729. The van der Waals surface area contributed by atoms with Crippen LogP contribution in [0.1, 0.15) is 11.3 Å². The van der Waals surface area contributed by atoms with Gasteiger partial charge < -0.3 is 5.32 Å². The standard InChI is InChI=1S/C16H15N5/c1-21-9-7-13(20-21)6-8-18-16-10-12(11-17)14-4-2-3-5-15(14)19-16/h2-5,7,9-10H,6,8H2,1H3,(H,18,19). The Kier molecular flexibility index (Phi) is 3.52. The molecular weight excluding hydrogens is 262 g/mol. The lowest BCUT2D eigenvalue weighted by Crippen LogP contribution is -2.07. The van der Waals surface area contributed by atoms with Crippen LogP contribution in [0.15, 0.2) is 42.6 Å². The van der Waals surface area contributed by atoms with E-state index >= 15 is 0 Å². The molecule has 3 rings (SSSR count). The molecule has 0 unspecified atom stereocenters. The predicted molar refractivity (Wildman–Crippen MR) is 81.9 cm³/mol. The van der Waals surface area contributed by atoms with Gasteiger partial charge in [0.05, 0.1) is 22.8 Å². The van der Waals surface area contributed by atoms with Gasteiger partial charge in [-0.1, -0.05) is 18.2 Å². The van der Waals surface area contributed by atoms with Crippen molar-refractivity contribution in [1.82, 2.24) is 14.8 Å². The fourth-order valence-electron chi connectivity index (χ4n) is 2.27. The molecule has 0 aliphatic rings. The van der Waals surface area contributed by atoms with Crippen LogP contribution in [0, 0.1) is 11.3 Å². The van der Waals surface area contributed by atoms with Crippen molar-refractivity contribution in [3.63, 3.8) is 0 Å². The van der Waals surface area contributed by atoms with E-state index in [1.54, 1.807) is 10.7 Å². The van der Waals surface area contributed by atoms with E-state index in [2.05, 4.69) is 21.5 Å². The van der Waals surface area contributed by atoms with Crippen molar-refractivity contribution in [2.75, 3.05) is 11.9 Å². The van der Waals surface area contributed by atoms with Crippen molar-refractivity contribution in [3.05, 3.63) is 53.9 Å². The van der Waals surface area contributed by atoms with Crippen molar-refractivity contribution in [2.45, 2.75) is 6.42 Å². The summed E-state index contributed by atoms with van der Waals surface area (Å²) in [6, 6.07) is 13.7. The lowest BCUT2D eigenvalue weighted by Gasteiger charge is -2.07. The van der Waals surface area contributed by atoms with Crippen molar-refractivity contribution >= 4 is 16.7 Å². The molecule has 0 saturated carbocycles. The van der Waals surface area contributed by atoms with Crippen molar-refractivity contribution in [1.29, 1.82) is 5.26 Å². The van der Waals surface area contributed by atoms with Gasteiger partial charge in [0.15, 0.2) is 0 Å². The molecule has 104 valence electrons. The van der Waals surface area contributed by atoms with Crippen LogP contribution in [-0.4, -0.2) is 21.3 Å². The molecule has 2 aromatic heterocycles. The van der Waals surface area contributed by atoms with Crippen LogP contribution in [0.4, 0.5) is 5.82 Å². The molecular formula is C16H15N5. The van der Waals surface area contributed by atoms with E-state index in [-0.39, 0.29) is 0 Å². The highest BCUT2D eigenvalue weighted by molar-refractivity contribution is 5.86. The molecule has 0 aliphatic carbocycles. The van der Waals surface area contributed by atoms with E-state index in [1.165, 1.54) is 0 Å². The fourth-order valence-corrected chi connectivity index (χ4v) is 2.27. The zero-order chi connectivity index (χ0) is 14.7. The first-order valence-electron chi connectivity index (χ1n) is 6.78. The third-order valence-electron chi connectivity index (χ3n) is 3.29. The number of fused-ring (bicyclic) bond motifs is 1. The first-order chi connectivity index (χ1) is 10.3. The third kappa shape index (κ3) is 2.84. The summed E-state index contributed by atoms with van der Waals surface area (Å²) in [6.07, 6.45) is 2.74. The maximum atomic E-state index is 9.25. The topological polar surface area (TPSA) is 66.5 Å². The summed E-state index contributed by atoms with van der Waals surface area (Å²) >= 11 is 0. The number of nitrogens with zero attached hydrogens (tertiary/aromatic N) is 4. The summed E-state index contributed by atoms with van der Waals surface area (Å²) in [5.74, 6) is 0.723. The minimum atomic E-state index is 0.640. The van der Waals surface area contributed by atoms with Crippen LogP contribution in [0.2, 0.25) is 0 Å². The van der Waals surface area contributed by atoms with E-state index in [1.807, 2.05) is 43.6 Å². The highest BCUT2D eigenvalue weighted by Gasteiger charge is 2.05. The second-order valence-corrected chi connectivity index (χ2v) is 4.84. The van der Waals surface area contributed by atoms with E-state index in [9.17, 15) is 5.26 Å². The van der Waals surface area contributed by atoms with E-state index in [0.29, 0.717) is 5.56 Å². The van der Waals surface area contributed by atoms with Crippen molar-refractivity contribution in [3.8, 4) is 6.07 Å². The molecule has 0 saturated heterocycles. The Morgan fingerprint density at radius 1 is 1.29 bits per heavy atom. The number of para-hydroxylation sites is 1. The van der Waals surface area contributed by atoms with Gasteiger partial charge in [0, 0.05) is 31.6 Å². The molecule has 0 atom stereocenters. The van der Waals surface area contributed by atoms with Gasteiger partial charge >= 0.3 is 0 Å². The van der Waals surface area contributed by atoms with Crippen molar-refractivity contribution in [2.24, 2.45) is 7.05 Å². The molecule has 21 heavy (non-hydrogen) atoms. The van der Waals surface area contributed by atoms with Crippen LogP contribution in [0.3, 0.4) is 0 Å². The highest BCUT2D eigenvalue weighted by atomic mass is 15.2. The van der Waals surface area contributed by atoms with Gasteiger partial charge in [0.1, 0.15) is 5.82 Å². The number of benzene rings is 1. The van der Waals surface area contributed by atoms with Gasteiger partial charge in [-0.25, -0.2) is 4.98 Å². The van der Waals surface area contributed by atoms with Gasteiger partial charge in [-0.15, -0.1) is 0 Å². The molecule has 0 radical (unpaired) electrons. The summed E-state index contributed by atoms with van der Waals surface area (Å²) in [5.41, 5.74) is 2.50. The van der Waals surface area contributed by atoms with E-state index in [0.717, 1.165) is 35.4 Å². The Morgan fingerprint density at radius 2 is 2.14 bits per heavy atom. The second-order valence-electron chi connectivity index (χ2n) is 4.84. The molecule has 0 aliphatic heterocycles. The lowest BCUT2D eigenvalue weighted by atomic mass is 10.1. The fraction of sp³-hybridized carbons (Fsp3) is 0.188. The highest BCUT2D eigenvalue weighted by Crippen LogP contribution is 2.19. The van der Waals surface area contributed by atoms with Crippen LogP contribution in [-0.2, 0) is 13.5 Å². The van der Waals surface area contributed by atoms with Crippen LogP contribution >= 0.6 is 0 Å². The number of nitriles is 1. The first kappa shape index (κ1) is 13.1. The van der Waals surface area contributed by atoms with Crippen molar-refractivity contribution < 1.29 is 0 Å². The number of pyridine rings is 1. The molecule has 1 N–H and O–H groups in total. The molecule has 0 fully saturated rings. The molecule has 3 aromatic rings. The summed E-state index contributed by atoms with van der Waals surface area (Å²) in [5, 5.41) is 17.7. The largest absolute Gasteiger partial charge is 0.370 e. The number of hydrogen-bond donors (Lipinski definition) is 1. The summed E-state index contributed by atoms with van der Waals surface area (Å²) in [4.78, 5) is 4.53.